The fourth-order valence-electron chi connectivity index (χ4n) is 2.79. The lowest BCUT2D eigenvalue weighted by atomic mass is 10.2. The van der Waals surface area contributed by atoms with Crippen LogP contribution >= 0.6 is 0 Å². The molecule has 2 atom stereocenters. The normalized spacial score (nSPS) is 18.8. The maximum absolute atomic E-state index is 12.5. The van der Waals surface area contributed by atoms with Crippen LogP contribution in [0.3, 0.4) is 0 Å². The van der Waals surface area contributed by atoms with Gasteiger partial charge in [0, 0.05) is 24.8 Å². The number of alkyl halides is 5. The van der Waals surface area contributed by atoms with Crippen LogP contribution in [0.2, 0.25) is 0 Å². The molecule has 1 fully saturated rings. The van der Waals surface area contributed by atoms with Gasteiger partial charge in [-0.15, -0.1) is 0 Å². The quantitative estimate of drug-likeness (QED) is 0.643. The first kappa shape index (κ1) is 20.9. The molecule has 0 saturated heterocycles. The largest absolute Gasteiger partial charge is 0.389 e. The van der Waals surface area contributed by atoms with Crippen LogP contribution in [-0.4, -0.2) is 39.0 Å². The van der Waals surface area contributed by atoms with E-state index in [-0.39, 0.29) is 19.5 Å². The molecule has 0 radical (unpaired) electrons. The molecule has 1 aliphatic carbocycles. The summed E-state index contributed by atoms with van der Waals surface area (Å²) < 4.78 is 62.8. The van der Waals surface area contributed by atoms with Gasteiger partial charge in [-0.2, -0.15) is 18.3 Å². The van der Waals surface area contributed by atoms with Gasteiger partial charge in [0.1, 0.15) is 0 Å². The molecule has 0 spiro atoms. The average molecular weight is 419 g/mol. The molecule has 2 aromatic heterocycles. The average Bonchev–Trinajstić information content (AvgIpc) is 3.35. The van der Waals surface area contributed by atoms with Crippen molar-refractivity contribution in [3.8, 4) is 0 Å². The van der Waals surface area contributed by atoms with Crippen molar-refractivity contribution in [3.05, 3.63) is 29.7 Å². The monoisotopic (exact) mass is 419 g/mol. The molecule has 1 saturated carbocycles. The van der Waals surface area contributed by atoms with E-state index in [1.54, 1.807) is 12.3 Å². The second kappa shape index (κ2) is 8.29. The molecule has 3 rings (SSSR count). The number of nitrogens with one attached hydrogen (secondary N) is 2. The van der Waals surface area contributed by atoms with Gasteiger partial charge >= 0.3 is 6.18 Å². The van der Waals surface area contributed by atoms with Crippen molar-refractivity contribution in [1.82, 2.24) is 25.2 Å². The fraction of sp³-hybridized carbons (Fsp3) is 0.529. The SMILES string of the molecule is O=C(CCC(F)(F)F)NCc1cnn2cc(CNC(=O)C3CC3C(F)F)nc2c1. The van der Waals surface area contributed by atoms with Crippen LogP contribution in [0.4, 0.5) is 22.0 Å². The number of hydrogen-bond acceptors (Lipinski definition) is 4. The Hall–Kier alpha value is -2.79. The Kier molecular flexibility index (Phi) is 5.99. The highest BCUT2D eigenvalue weighted by atomic mass is 19.4. The maximum Gasteiger partial charge on any atom is 0.389 e. The van der Waals surface area contributed by atoms with Crippen molar-refractivity contribution in [3.63, 3.8) is 0 Å². The van der Waals surface area contributed by atoms with Gasteiger partial charge < -0.3 is 10.6 Å². The number of hydrogen-bond donors (Lipinski definition) is 2. The zero-order valence-electron chi connectivity index (χ0n) is 15.0. The fourth-order valence-corrected chi connectivity index (χ4v) is 2.79. The van der Waals surface area contributed by atoms with Crippen LogP contribution in [0.25, 0.3) is 5.65 Å². The van der Waals surface area contributed by atoms with E-state index in [0.29, 0.717) is 16.9 Å². The van der Waals surface area contributed by atoms with Crippen molar-refractivity contribution in [2.45, 2.75) is 45.0 Å². The van der Waals surface area contributed by atoms with E-state index in [0.717, 1.165) is 0 Å². The van der Waals surface area contributed by atoms with Crippen molar-refractivity contribution in [1.29, 1.82) is 0 Å². The smallest absolute Gasteiger partial charge is 0.352 e. The summed E-state index contributed by atoms with van der Waals surface area (Å²) in [4.78, 5) is 27.5. The predicted molar refractivity (Wildman–Crippen MR) is 89.6 cm³/mol. The molecule has 2 N–H and O–H groups in total. The number of carbonyl (C=O) groups excluding carboxylic acids is 2. The second-order valence-electron chi connectivity index (χ2n) is 6.85. The molecule has 7 nitrogen and oxygen atoms in total. The molecular weight excluding hydrogens is 401 g/mol. The first-order valence-electron chi connectivity index (χ1n) is 8.85. The van der Waals surface area contributed by atoms with Gasteiger partial charge in [-0.1, -0.05) is 0 Å². The number of imidazole rings is 1. The number of amides is 2. The van der Waals surface area contributed by atoms with Crippen molar-refractivity contribution in [2.75, 3.05) is 0 Å². The first-order chi connectivity index (χ1) is 13.6. The Morgan fingerprint density at radius 1 is 1.24 bits per heavy atom. The number of aromatic nitrogens is 3. The minimum Gasteiger partial charge on any atom is -0.352 e. The van der Waals surface area contributed by atoms with Gasteiger partial charge in [0.05, 0.1) is 31.1 Å². The maximum atomic E-state index is 12.5. The lowest BCUT2D eigenvalue weighted by molar-refractivity contribution is -0.144. The van der Waals surface area contributed by atoms with Gasteiger partial charge in [0.25, 0.3) is 0 Å². The van der Waals surface area contributed by atoms with Crippen molar-refractivity contribution < 1.29 is 31.5 Å². The first-order valence-corrected chi connectivity index (χ1v) is 8.85. The highest BCUT2D eigenvalue weighted by Crippen LogP contribution is 2.43. The van der Waals surface area contributed by atoms with Gasteiger partial charge in [-0.3, -0.25) is 9.59 Å². The Bertz CT molecular complexity index is 898. The number of carbonyl (C=O) groups is 2. The minimum absolute atomic E-state index is 0.00415. The van der Waals surface area contributed by atoms with E-state index in [2.05, 4.69) is 20.7 Å². The van der Waals surface area contributed by atoms with E-state index < -0.39 is 49.1 Å². The molecule has 0 aliphatic heterocycles. The van der Waals surface area contributed by atoms with E-state index in [4.69, 9.17) is 0 Å². The minimum atomic E-state index is -4.39. The topological polar surface area (TPSA) is 88.4 Å². The third kappa shape index (κ3) is 5.84. The summed E-state index contributed by atoms with van der Waals surface area (Å²) in [5.74, 6) is -2.72. The summed E-state index contributed by atoms with van der Waals surface area (Å²) in [6.07, 6.45) is -5.58. The molecule has 29 heavy (non-hydrogen) atoms. The van der Waals surface area contributed by atoms with Crippen LogP contribution < -0.4 is 10.6 Å². The second-order valence-corrected chi connectivity index (χ2v) is 6.85. The molecule has 2 unspecified atom stereocenters. The van der Waals surface area contributed by atoms with Gasteiger partial charge in [-0.05, 0) is 18.1 Å². The highest BCUT2D eigenvalue weighted by molar-refractivity contribution is 5.81. The molecular formula is C17H18F5N5O2. The third-order valence-corrected chi connectivity index (χ3v) is 4.50. The summed E-state index contributed by atoms with van der Waals surface area (Å²) >= 11 is 0. The van der Waals surface area contributed by atoms with Crippen molar-refractivity contribution in [2.24, 2.45) is 11.8 Å². The van der Waals surface area contributed by atoms with Gasteiger partial charge in [0.15, 0.2) is 5.65 Å². The van der Waals surface area contributed by atoms with E-state index in [9.17, 15) is 31.5 Å². The van der Waals surface area contributed by atoms with Crippen molar-refractivity contribution >= 4 is 17.5 Å². The predicted octanol–water partition coefficient (Wildman–Crippen LogP) is 2.21. The Morgan fingerprint density at radius 2 is 2.00 bits per heavy atom. The summed E-state index contributed by atoms with van der Waals surface area (Å²) in [7, 11) is 0. The molecule has 2 amide bonds. The zero-order chi connectivity index (χ0) is 21.2. The molecule has 12 heteroatoms. The number of rotatable bonds is 8. The lowest BCUT2D eigenvalue weighted by Gasteiger charge is -2.07. The molecule has 0 bridgehead atoms. The van der Waals surface area contributed by atoms with Crippen LogP contribution in [0.15, 0.2) is 18.5 Å². The molecule has 1 aliphatic rings. The summed E-state index contributed by atoms with van der Waals surface area (Å²) in [6, 6.07) is 1.59. The highest BCUT2D eigenvalue weighted by Gasteiger charge is 2.48. The van der Waals surface area contributed by atoms with E-state index in [1.165, 1.54) is 10.7 Å². The lowest BCUT2D eigenvalue weighted by Crippen LogP contribution is -2.25. The van der Waals surface area contributed by atoms with E-state index >= 15 is 0 Å². The zero-order valence-corrected chi connectivity index (χ0v) is 15.0. The molecule has 158 valence electrons. The standard InChI is InChI=1S/C17H18F5N5O2/c18-15(19)11-4-12(11)16(29)24-7-10-8-27-13(26-10)3-9(6-25-27)5-23-14(28)1-2-17(20,21)22/h3,6,8,11-12,15H,1-2,4-5,7H2,(H,23,28)(H,24,29). The van der Waals surface area contributed by atoms with Crippen LogP contribution in [0, 0.1) is 11.8 Å². The molecule has 0 aromatic carbocycles. The summed E-state index contributed by atoms with van der Waals surface area (Å²) in [5.41, 5.74) is 1.41. The Morgan fingerprint density at radius 3 is 2.66 bits per heavy atom. The Labute approximate surface area is 161 Å². The molecule has 2 aromatic rings. The van der Waals surface area contributed by atoms with Gasteiger partial charge in [0.2, 0.25) is 18.2 Å². The van der Waals surface area contributed by atoms with Crippen LogP contribution in [0.5, 0.6) is 0 Å². The number of nitrogens with zero attached hydrogens (tertiary/aromatic N) is 3. The van der Waals surface area contributed by atoms with Gasteiger partial charge in [-0.25, -0.2) is 18.3 Å². The third-order valence-electron chi connectivity index (χ3n) is 4.50. The Balaban J connectivity index is 1.50. The molecule has 2 heterocycles. The number of halogens is 5. The number of fused-ring (bicyclic) bond motifs is 1. The van der Waals surface area contributed by atoms with Crippen LogP contribution in [0.1, 0.15) is 30.5 Å². The van der Waals surface area contributed by atoms with Crippen LogP contribution in [-0.2, 0) is 22.7 Å². The van der Waals surface area contributed by atoms with E-state index in [1.807, 2.05) is 0 Å². The summed E-state index contributed by atoms with van der Waals surface area (Å²) in [6.45, 7) is 0.0496. The summed E-state index contributed by atoms with van der Waals surface area (Å²) in [5, 5.41) is 9.03.